The Balaban J connectivity index is 2.31. The van der Waals surface area contributed by atoms with Crippen molar-refractivity contribution in [2.45, 2.75) is 0 Å². The quantitative estimate of drug-likeness (QED) is 0.681. The van der Waals surface area contributed by atoms with Crippen molar-refractivity contribution in [1.82, 2.24) is 4.98 Å². The fraction of sp³-hybridized carbons (Fsp3) is 0.167. The molecule has 1 aliphatic rings. The number of rotatable bonds is 1. The Morgan fingerprint density at radius 1 is 1.19 bits per heavy atom. The van der Waals surface area contributed by atoms with Crippen LogP contribution in [0.1, 0.15) is 10.5 Å². The molecule has 16 heavy (non-hydrogen) atoms. The zero-order chi connectivity index (χ0) is 11.0. The summed E-state index contributed by atoms with van der Waals surface area (Å²) in [6.07, 6.45) is 2.36. The third kappa shape index (κ3) is 1.31. The lowest BCUT2D eigenvalue weighted by Gasteiger charge is -2.18. The maximum atomic E-state index is 10.9. The molecule has 0 N–H and O–H groups in total. The largest absolute Gasteiger partial charge is 0.486 e. The van der Waals surface area contributed by atoms with Gasteiger partial charge in [-0.25, -0.2) is 0 Å². The summed E-state index contributed by atoms with van der Waals surface area (Å²) in [7, 11) is 0. The van der Waals surface area contributed by atoms with E-state index in [9.17, 15) is 4.79 Å². The first kappa shape index (κ1) is 9.15. The predicted molar refractivity (Wildman–Crippen MR) is 58.1 cm³/mol. The second-order valence-electron chi connectivity index (χ2n) is 3.53. The van der Waals surface area contributed by atoms with Crippen LogP contribution in [-0.4, -0.2) is 24.5 Å². The zero-order valence-electron chi connectivity index (χ0n) is 8.47. The van der Waals surface area contributed by atoms with Crippen molar-refractivity contribution in [2.24, 2.45) is 0 Å². The Labute approximate surface area is 91.8 Å². The smallest absolute Gasteiger partial charge is 0.169 e. The van der Waals surface area contributed by atoms with Crippen LogP contribution in [-0.2, 0) is 0 Å². The van der Waals surface area contributed by atoms with Crippen molar-refractivity contribution in [2.75, 3.05) is 13.2 Å². The van der Waals surface area contributed by atoms with E-state index in [0.29, 0.717) is 24.7 Å². The molecule has 1 aromatic heterocycles. The topological polar surface area (TPSA) is 48.4 Å². The maximum absolute atomic E-state index is 10.9. The molecule has 2 aromatic rings. The first-order valence-corrected chi connectivity index (χ1v) is 5.02. The lowest BCUT2D eigenvalue weighted by molar-refractivity contribution is 0.112. The standard InChI is InChI=1S/C12H9NO3/c14-7-10-9-6-12-11(15-3-4-16-12)5-8(9)1-2-13-10/h1-2,5-7H,3-4H2. The van der Waals surface area contributed by atoms with Gasteiger partial charge in [0.25, 0.3) is 0 Å². The summed E-state index contributed by atoms with van der Waals surface area (Å²) in [6, 6.07) is 5.53. The summed E-state index contributed by atoms with van der Waals surface area (Å²) in [6.45, 7) is 1.10. The fourth-order valence-corrected chi connectivity index (χ4v) is 1.83. The van der Waals surface area contributed by atoms with Gasteiger partial charge < -0.3 is 9.47 Å². The Bertz CT molecular complexity index is 565. The molecule has 0 bridgehead atoms. The minimum absolute atomic E-state index is 0.425. The van der Waals surface area contributed by atoms with Crippen molar-refractivity contribution >= 4 is 17.1 Å². The van der Waals surface area contributed by atoms with Gasteiger partial charge in [0.2, 0.25) is 0 Å². The van der Waals surface area contributed by atoms with Crippen LogP contribution in [0.5, 0.6) is 11.5 Å². The monoisotopic (exact) mass is 215 g/mol. The summed E-state index contributed by atoms with van der Waals surface area (Å²) < 4.78 is 10.9. The number of hydrogen-bond donors (Lipinski definition) is 0. The molecular weight excluding hydrogens is 206 g/mol. The zero-order valence-corrected chi connectivity index (χ0v) is 8.47. The number of fused-ring (bicyclic) bond motifs is 2. The highest BCUT2D eigenvalue weighted by atomic mass is 16.6. The Kier molecular flexibility index (Phi) is 1.99. The van der Waals surface area contributed by atoms with Gasteiger partial charge in [-0.2, -0.15) is 0 Å². The average molecular weight is 215 g/mol. The molecule has 0 unspecified atom stereocenters. The Morgan fingerprint density at radius 2 is 1.94 bits per heavy atom. The fourth-order valence-electron chi connectivity index (χ4n) is 1.83. The second kappa shape index (κ2) is 3.48. The van der Waals surface area contributed by atoms with Crippen molar-refractivity contribution in [1.29, 1.82) is 0 Å². The van der Waals surface area contributed by atoms with Gasteiger partial charge in [-0.05, 0) is 23.6 Å². The van der Waals surface area contributed by atoms with Gasteiger partial charge in [-0.1, -0.05) is 0 Å². The van der Waals surface area contributed by atoms with Gasteiger partial charge in [-0.15, -0.1) is 0 Å². The van der Waals surface area contributed by atoms with Crippen LogP contribution in [0.3, 0.4) is 0 Å². The summed E-state index contributed by atoms with van der Waals surface area (Å²) in [5, 5.41) is 1.73. The molecule has 3 rings (SSSR count). The average Bonchev–Trinajstić information content (AvgIpc) is 2.35. The van der Waals surface area contributed by atoms with Crippen LogP contribution in [0.2, 0.25) is 0 Å². The van der Waals surface area contributed by atoms with Gasteiger partial charge in [0.05, 0.1) is 0 Å². The number of nitrogens with zero attached hydrogens (tertiary/aromatic N) is 1. The first-order chi connectivity index (χ1) is 7.88. The number of carbonyl (C=O) groups is 1. The maximum Gasteiger partial charge on any atom is 0.169 e. The number of carbonyl (C=O) groups excluding carboxylic acids is 1. The lowest BCUT2D eigenvalue weighted by Crippen LogP contribution is -2.15. The summed E-state index contributed by atoms with van der Waals surface area (Å²) in [5.41, 5.74) is 0.425. The molecule has 2 heterocycles. The Hall–Kier alpha value is -2.10. The van der Waals surface area contributed by atoms with E-state index in [1.165, 1.54) is 0 Å². The molecule has 0 radical (unpaired) electrons. The number of ether oxygens (including phenoxy) is 2. The number of hydrogen-bond acceptors (Lipinski definition) is 4. The van der Waals surface area contributed by atoms with Gasteiger partial charge in [-0.3, -0.25) is 9.78 Å². The highest BCUT2D eigenvalue weighted by Crippen LogP contribution is 2.34. The highest BCUT2D eigenvalue weighted by molar-refractivity contribution is 5.97. The minimum Gasteiger partial charge on any atom is -0.486 e. The van der Waals surface area contributed by atoms with Crippen molar-refractivity contribution in [3.05, 3.63) is 30.1 Å². The second-order valence-corrected chi connectivity index (χ2v) is 3.53. The van der Waals surface area contributed by atoms with E-state index in [0.717, 1.165) is 22.8 Å². The van der Waals surface area contributed by atoms with Crippen molar-refractivity contribution in [3.8, 4) is 11.5 Å². The molecule has 4 heteroatoms. The molecule has 1 aromatic carbocycles. The third-order valence-electron chi connectivity index (χ3n) is 2.57. The van der Waals surface area contributed by atoms with Gasteiger partial charge in [0, 0.05) is 11.6 Å². The predicted octanol–water partition coefficient (Wildman–Crippen LogP) is 1.82. The molecule has 0 spiro atoms. The molecule has 0 saturated carbocycles. The number of pyridine rings is 1. The van der Waals surface area contributed by atoms with Crippen LogP contribution in [0.15, 0.2) is 24.4 Å². The molecular formula is C12H9NO3. The van der Waals surface area contributed by atoms with Gasteiger partial charge >= 0.3 is 0 Å². The van der Waals surface area contributed by atoms with Crippen LogP contribution >= 0.6 is 0 Å². The van der Waals surface area contributed by atoms with E-state index in [1.807, 2.05) is 12.1 Å². The third-order valence-corrected chi connectivity index (χ3v) is 2.57. The lowest BCUT2D eigenvalue weighted by atomic mass is 10.1. The van der Waals surface area contributed by atoms with Crippen LogP contribution < -0.4 is 9.47 Å². The van der Waals surface area contributed by atoms with Crippen molar-refractivity contribution in [3.63, 3.8) is 0 Å². The molecule has 0 saturated heterocycles. The van der Waals surface area contributed by atoms with E-state index >= 15 is 0 Å². The highest BCUT2D eigenvalue weighted by Gasteiger charge is 2.13. The van der Waals surface area contributed by atoms with Crippen LogP contribution in [0.25, 0.3) is 10.8 Å². The molecule has 80 valence electrons. The SMILES string of the molecule is O=Cc1nccc2cc3c(cc12)OCCO3. The van der Waals surface area contributed by atoms with E-state index in [-0.39, 0.29) is 0 Å². The van der Waals surface area contributed by atoms with E-state index < -0.39 is 0 Å². The number of aromatic nitrogens is 1. The molecule has 0 atom stereocenters. The molecule has 1 aliphatic heterocycles. The number of benzene rings is 1. The van der Waals surface area contributed by atoms with Gasteiger partial charge in [0.1, 0.15) is 18.9 Å². The molecule has 4 nitrogen and oxygen atoms in total. The van der Waals surface area contributed by atoms with Crippen molar-refractivity contribution < 1.29 is 14.3 Å². The minimum atomic E-state index is 0.425. The van der Waals surface area contributed by atoms with E-state index in [4.69, 9.17) is 9.47 Å². The van der Waals surface area contributed by atoms with Crippen LogP contribution in [0.4, 0.5) is 0 Å². The number of aldehydes is 1. The Morgan fingerprint density at radius 3 is 2.69 bits per heavy atom. The molecule has 0 fully saturated rings. The first-order valence-electron chi connectivity index (χ1n) is 5.02. The van der Waals surface area contributed by atoms with Crippen LogP contribution in [0, 0.1) is 0 Å². The van der Waals surface area contributed by atoms with Gasteiger partial charge in [0.15, 0.2) is 17.8 Å². The molecule has 0 amide bonds. The summed E-state index contributed by atoms with van der Waals surface area (Å²) in [5.74, 6) is 1.40. The summed E-state index contributed by atoms with van der Waals surface area (Å²) in [4.78, 5) is 14.9. The normalized spacial score (nSPS) is 13.8. The summed E-state index contributed by atoms with van der Waals surface area (Å²) >= 11 is 0. The van der Waals surface area contributed by atoms with E-state index in [2.05, 4.69) is 4.98 Å². The molecule has 0 aliphatic carbocycles. The van der Waals surface area contributed by atoms with E-state index in [1.54, 1.807) is 12.3 Å².